The number of hydrazine groups is 1. The smallest absolute Gasteiger partial charge is 0.293 e. The van der Waals surface area contributed by atoms with E-state index in [1.165, 1.54) is 0 Å². The van der Waals surface area contributed by atoms with E-state index in [2.05, 4.69) is 91.7 Å². The summed E-state index contributed by atoms with van der Waals surface area (Å²) < 4.78 is 13.4. The Morgan fingerprint density at radius 1 is 1.12 bits per heavy atom. The Bertz CT molecular complexity index is 1990. The van der Waals surface area contributed by atoms with Gasteiger partial charge in [-0.25, -0.2) is 5.43 Å². The van der Waals surface area contributed by atoms with Gasteiger partial charge >= 0.3 is 0 Å². The van der Waals surface area contributed by atoms with Crippen molar-refractivity contribution in [3.05, 3.63) is 83.8 Å². The van der Waals surface area contributed by atoms with Crippen LogP contribution in [0.25, 0.3) is 33.3 Å². The van der Waals surface area contributed by atoms with E-state index in [-0.39, 0.29) is 41.7 Å². The van der Waals surface area contributed by atoms with Crippen LogP contribution in [0.2, 0.25) is 0 Å². The average Bonchev–Trinajstić information content (AvgIpc) is 3.47. The van der Waals surface area contributed by atoms with Gasteiger partial charge in [-0.3, -0.25) is 19.6 Å². The molecule has 1 saturated heterocycles. The lowest BCUT2D eigenvalue weighted by atomic mass is 9.84. The molecule has 3 atom stereocenters. The number of phenolic OH excluding ortho intramolecular Hbond substituents is 1. The quantitative estimate of drug-likeness (QED) is 0.0899. The number of carbonyl (C=O) groups excluding carboxylic acids is 2. The summed E-state index contributed by atoms with van der Waals surface area (Å²) in [7, 11) is 5.74. The summed E-state index contributed by atoms with van der Waals surface area (Å²) in [4.78, 5) is 32.3. The molecule has 1 aliphatic heterocycles. The molecule has 0 aliphatic carbocycles. The van der Waals surface area contributed by atoms with Crippen LogP contribution in [-0.4, -0.2) is 89.9 Å². The Hall–Kier alpha value is -4.71. The van der Waals surface area contributed by atoms with E-state index in [1.54, 1.807) is 30.4 Å². The summed E-state index contributed by atoms with van der Waals surface area (Å²) in [6.45, 7) is 19.9. The van der Waals surface area contributed by atoms with Gasteiger partial charge in [-0.15, -0.1) is 0 Å². The number of nitrogens with zero attached hydrogens (tertiary/aromatic N) is 4. The Balaban J connectivity index is 1.62. The van der Waals surface area contributed by atoms with Gasteiger partial charge in [0.1, 0.15) is 11.8 Å². The second-order valence-corrected chi connectivity index (χ2v) is 16.4. The van der Waals surface area contributed by atoms with Gasteiger partial charge in [0.05, 0.1) is 30.1 Å². The fourth-order valence-electron chi connectivity index (χ4n) is 8.34. The molecule has 1 aliphatic rings. The highest BCUT2D eigenvalue weighted by molar-refractivity contribution is 5.95. The Labute approximate surface area is 333 Å². The summed E-state index contributed by atoms with van der Waals surface area (Å²) in [6.07, 6.45) is 4.50. The third-order valence-electron chi connectivity index (χ3n) is 10.8. The number of hydrogen-bond donors (Lipinski definition) is 3. The van der Waals surface area contributed by atoms with Crippen molar-refractivity contribution >= 4 is 23.3 Å². The number of carbonyl (C=O) groups is 2. The maximum atomic E-state index is 14.1. The van der Waals surface area contributed by atoms with Crippen LogP contribution >= 0.6 is 0 Å². The molecule has 0 spiro atoms. The van der Waals surface area contributed by atoms with E-state index in [1.807, 2.05) is 27.1 Å². The van der Waals surface area contributed by atoms with Crippen LogP contribution in [0, 0.1) is 11.3 Å². The van der Waals surface area contributed by atoms with Crippen molar-refractivity contribution in [1.82, 2.24) is 30.2 Å². The maximum absolute atomic E-state index is 14.1. The lowest BCUT2D eigenvalue weighted by molar-refractivity contribution is -0.137. The molecule has 0 radical (unpaired) electrons. The van der Waals surface area contributed by atoms with Crippen molar-refractivity contribution < 1.29 is 24.2 Å². The van der Waals surface area contributed by atoms with Crippen LogP contribution in [0.1, 0.15) is 77.3 Å². The van der Waals surface area contributed by atoms with Crippen molar-refractivity contribution in [3.8, 4) is 28.1 Å². The van der Waals surface area contributed by atoms with Crippen molar-refractivity contribution in [2.45, 2.75) is 92.0 Å². The first-order valence-electron chi connectivity index (χ1n) is 19.9. The summed E-state index contributed by atoms with van der Waals surface area (Å²) >= 11 is 0. The topological polar surface area (TPSA) is 121 Å². The van der Waals surface area contributed by atoms with Crippen molar-refractivity contribution in [2.75, 3.05) is 40.9 Å². The van der Waals surface area contributed by atoms with Crippen LogP contribution in [0.4, 0.5) is 0 Å². The first-order chi connectivity index (χ1) is 26.7. The van der Waals surface area contributed by atoms with E-state index in [0.717, 1.165) is 75.2 Å². The van der Waals surface area contributed by atoms with Crippen LogP contribution in [0.3, 0.4) is 0 Å². The van der Waals surface area contributed by atoms with Crippen molar-refractivity contribution in [3.63, 3.8) is 0 Å². The average molecular weight is 767 g/mol. The zero-order chi connectivity index (χ0) is 40.7. The highest BCUT2D eigenvalue weighted by Crippen LogP contribution is 2.42. The van der Waals surface area contributed by atoms with E-state index < -0.39 is 6.04 Å². The minimum Gasteiger partial charge on any atom is -0.508 e. The van der Waals surface area contributed by atoms with E-state index >= 15 is 0 Å². The van der Waals surface area contributed by atoms with Gasteiger partial charge < -0.3 is 29.4 Å². The molecular formula is C45H62N6O5. The molecule has 2 aromatic heterocycles. The number of hydrogen-bond acceptors (Lipinski definition) is 9. The lowest BCUT2D eigenvalue weighted by Gasteiger charge is -2.35. The van der Waals surface area contributed by atoms with Gasteiger partial charge in [0.15, 0.2) is 0 Å². The van der Waals surface area contributed by atoms with Gasteiger partial charge in [0.25, 0.3) is 12.4 Å². The van der Waals surface area contributed by atoms with Gasteiger partial charge in [0.2, 0.25) is 0 Å². The third-order valence-corrected chi connectivity index (χ3v) is 10.8. The number of aryl methyl sites for hydroxylation is 1. The zero-order valence-electron chi connectivity index (χ0n) is 34.8. The van der Waals surface area contributed by atoms with Crippen LogP contribution in [0.5, 0.6) is 5.75 Å². The highest BCUT2D eigenvalue weighted by Gasteiger charge is 2.31. The van der Waals surface area contributed by atoms with Gasteiger partial charge in [-0.05, 0) is 112 Å². The number of aromatic hydroxyl groups is 1. The standard InChI is InChI=1S/C45H62N6O5/c1-11-50-40-17-16-33(25-37(40)38(26-45(6,7)27-56-28-52)43(50)36-15-14-18-46-41(36)31(5)55-10)34-21-32(22-35(53)24-34)23-39(44(54)51-20-13-12-19-47-51)48-30(4)42(29(2)3)49(8)9/h14-18,21-22,24-25,28-29,31,39,42,47-48,53H,4,11-13,19-20,23,26-27H2,1-3,5-10H3. The molecule has 302 valence electrons. The number of benzene rings is 2. The monoisotopic (exact) mass is 766 g/mol. The summed E-state index contributed by atoms with van der Waals surface area (Å²) in [6, 6.07) is 15.5. The molecule has 5 rings (SSSR count). The molecule has 3 unspecified atom stereocenters. The minimum absolute atomic E-state index is 0.0241. The SMILES string of the molecule is C=C(NC(Cc1cc(O)cc(-c2ccc3c(c2)c(CC(C)(C)COC=O)c(-c2cccnc2C(C)OC)n3CC)c1)C(=O)N1CCCCN1)C(C(C)C)N(C)C. The van der Waals surface area contributed by atoms with Crippen molar-refractivity contribution in [1.29, 1.82) is 0 Å². The van der Waals surface area contributed by atoms with Crippen LogP contribution in [0.15, 0.2) is 67.0 Å². The molecule has 0 saturated carbocycles. The fraction of sp³-hybridized carbons (Fsp3) is 0.489. The van der Waals surface area contributed by atoms with Gasteiger partial charge in [-0.1, -0.05) is 46.4 Å². The molecule has 1 fully saturated rings. The molecule has 11 heteroatoms. The summed E-state index contributed by atoms with van der Waals surface area (Å²) in [5.74, 6) is 0.357. The fourth-order valence-corrected chi connectivity index (χ4v) is 8.34. The van der Waals surface area contributed by atoms with Crippen molar-refractivity contribution in [2.24, 2.45) is 11.3 Å². The van der Waals surface area contributed by atoms with Crippen LogP contribution in [-0.2, 0) is 38.4 Å². The predicted octanol–water partition coefficient (Wildman–Crippen LogP) is 7.27. The normalized spacial score (nSPS) is 15.2. The Kier molecular flexibility index (Phi) is 14.0. The molecule has 1 amide bonds. The van der Waals surface area contributed by atoms with E-state index in [4.69, 9.17) is 14.5 Å². The highest BCUT2D eigenvalue weighted by atomic mass is 16.5. The zero-order valence-corrected chi connectivity index (χ0v) is 34.8. The number of nitrogens with one attached hydrogen (secondary N) is 2. The second-order valence-electron chi connectivity index (χ2n) is 16.4. The van der Waals surface area contributed by atoms with Gasteiger partial charge in [0, 0.05) is 66.9 Å². The minimum atomic E-state index is -0.599. The summed E-state index contributed by atoms with van der Waals surface area (Å²) in [5, 5.41) is 17.5. The number of aromatic nitrogens is 2. The molecule has 4 aromatic rings. The molecule has 56 heavy (non-hydrogen) atoms. The van der Waals surface area contributed by atoms with Crippen LogP contribution < -0.4 is 10.7 Å². The van der Waals surface area contributed by atoms with E-state index in [0.29, 0.717) is 32.4 Å². The number of methoxy groups -OCH3 is 1. The number of rotatable bonds is 18. The number of pyridine rings is 1. The number of likely N-dealkylation sites (N-methyl/N-ethyl adjacent to an activating group) is 1. The number of fused-ring (bicyclic) bond motifs is 1. The number of amides is 1. The Morgan fingerprint density at radius 3 is 2.54 bits per heavy atom. The molecule has 2 aromatic carbocycles. The first kappa shape index (κ1) is 42.4. The molecular weight excluding hydrogens is 705 g/mol. The first-order valence-corrected chi connectivity index (χ1v) is 19.9. The Morgan fingerprint density at radius 2 is 1.89 bits per heavy atom. The second kappa shape index (κ2) is 18.5. The predicted molar refractivity (Wildman–Crippen MR) is 224 cm³/mol. The third kappa shape index (κ3) is 9.62. The maximum Gasteiger partial charge on any atom is 0.293 e. The number of ether oxygens (including phenoxy) is 2. The molecule has 11 nitrogen and oxygen atoms in total. The largest absolute Gasteiger partial charge is 0.508 e. The summed E-state index contributed by atoms with van der Waals surface area (Å²) in [5.41, 5.74) is 11.4. The molecule has 3 N–H and O–H groups in total. The lowest BCUT2D eigenvalue weighted by Crippen LogP contribution is -2.56. The molecule has 3 heterocycles. The number of phenols is 1. The molecule has 0 bridgehead atoms. The van der Waals surface area contributed by atoms with E-state index in [9.17, 15) is 14.7 Å². The van der Waals surface area contributed by atoms with Gasteiger partial charge in [-0.2, -0.15) is 0 Å².